The van der Waals surface area contributed by atoms with Gasteiger partial charge in [-0.1, -0.05) is 12.1 Å². The summed E-state index contributed by atoms with van der Waals surface area (Å²) in [6.45, 7) is 3.74. The topological polar surface area (TPSA) is 18.5 Å². The molecule has 0 saturated carbocycles. The molecule has 2 rings (SSSR count). The van der Waals surface area contributed by atoms with Crippen LogP contribution in [0, 0.1) is 6.92 Å². The summed E-state index contributed by atoms with van der Waals surface area (Å²) in [5, 5.41) is 0. The van der Waals surface area contributed by atoms with Crippen molar-refractivity contribution in [2.45, 2.75) is 6.36 Å². The van der Waals surface area contributed by atoms with Gasteiger partial charge in [0.25, 0.3) is 0 Å². The van der Waals surface area contributed by atoms with Crippen molar-refractivity contribution in [2.24, 2.45) is 0 Å². The molecule has 0 aliphatic carbocycles. The fourth-order valence-corrected chi connectivity index (χ4v) is 1.40. The Labute approximate surface area is 108 Å². The summed E-state index contributed by atoms with van der Waals surface area (Å²) < 4.78 is 45.1. The van der Waals surface area contributed by atoms with Gasteiger partial charge in [-0.05, 0) is 48.9 Å². The van der Waals surface area contributed by atoms with Gasteiger partial charge in [-0.15, -0.1) is 13.2 Å². The van der Waals surface area contributed by atoms with Crippen LogP contribution >= 0.6 is 0 Å². The lowest BCUT2D eigenvalue weighted by Crippen LogP contribution is -2.16. The van der Waals surface area contributed by atoms with E-state index in [1.54, 1.807) is 24.3 Å². The molecule has 0 saturated heterocycles. The molecule has 2 aromatic carbocycles. The van der Waals surface area contributed by atoms with E-state index >= 15 is 0 Å². The number of alkyl halides is 3. The smallest absolute Gasteiger partial charge is 0.457 e. The predicted molar refractivity (Wildman–Crippen MR) is 64.1 cm³/mol. The highest BCUT2D eigenvalue weighted by Crippen LogP contribution is 2.27. The zero-order chi connectivity index (χ0) is 13.9. The average molecular weight is 267 g/mol. The minimum absolute atomic E-state index is 0.284. The van der Waals surface area contributed by atoms with Crippen molar-refractivity contribution in [3.8, 4) is 17.2 Å². The first-order valence-electron chi connectivity index (χ1n) is 5.38. The minimum atomic E-state index is -4.69. The Morgan fingerprint density at radius 2 is 1.16 bits per heavy atom. The molecule has 0 unspecified atom stereocenters. The Morgan fingerprint density at radius 1 is 0.737 bits per heavy atom. The van der Waals surface area contributed by atoms with Crippen LogP contribution in [0.1, 0.15) is 5.56 Å². The van der Waals surface area contributed by atoms with Gasteiger partial charge in [0.05, 0.1) is 0 Å². The van der Waals surface area contributed by atoms with Crippen molar-refractivity contribution in [2.75, 3.05) is 0 Å². The van der Waals surface area contributed by atoms with Gasteiger partial charge in [-0.3, -0.25) is 0 Å². The summed E-state index contributed by atoms with van der Waals surface area (Å²) in [4.78, 5) is 0. The molecule has 0 heterocycles. The van der Waals surface area contributed by atoms with Crippen LogP contribution in [-0.2, 0) is 0 Å². The molecule has 99 valence electrons. The van der Waals surface area contributed by atoms with Crippen molar-refractivity contribution in [1.82, 2.24) is 0 Å². The summed E-state index contributed by atoms with van der Waals surface area (Å²) >= 11 is 0. The van der Waals surface area contributed by atoms with E-state index in [0.717, 1.165) is 5.56 Å². The zero-order valence-electron chi connectivity index (χ0n) is 9.78. The highest BCUT2D eigenvalue weighted by Gasteiger charge is 2.30. The fourth-order valence-electron chi connectivity index (χ4n) is 1.40. The second-order valence-electron chi connectivity index (χ2n) is 3.77. The van der Waals surface area contributed by atoms with Crippen LogP contribution < -0.4 is 9.47 Å². The standard InChI is InChI=1S/C14H10F3O2/c1-10-2-4-11(5-3-10)18-12-6-8-13(9-7-12)19-14(15,16)17/h2-9H,1H2. The molecule has 5 heteroatoms. The van der Waals surface area contributed by atoms with Crippen molar-refractivity contribution < 1.29 is 22.6 Å². The van der Waals surface area contributed by atoms with E-state index in [1.165, 1.54) is 24.3 Å². The molecular formula is C14H10F3O2. The summed E-state index contributed by atoms with van der Waals surface area (Å²) in [7, 11) is 0. The Morgan fingerprint density at radius 3 is 1.63 bits per heavy atom. The molecule has 0 spiro atoms. The van der Waals surface area contributed by atoms with Gasteiger partial charge in [0.1, 0.15) is 17.2 Å². The molecule has 2 aromatic rings. The minimum Gasteiger partial charge on any atom is -0.457 e. The number of benzene rings is 2. The normalized spacial score (nSPS) is 11.2. The molecule has 0 N–H and O–H groups in total. The van der Waals surface area contributed by atoms with Crippen LogP contribution in [0.2, 0.25) is 0 Å². The fraction of sp³-hybridized carbons (Fsp3) is 0.0714. The third kappa shape index (κ3) is 4.21. The lowest BCUT2D eigenvalue weighted by atomic mass is 10.2. The van der Waals surface area contributed by atoms with Crippen molar-refractivity contribution in [3.05, 3.63) is 61.0 Å². The summed E-state index contributed by atoms with van der Waals surface area (Å²) in [6, 6.07) is 12.2. The Bertz CT molecular complexity index is 530. The third-order valence-corrected chi connectivity index (χ3v) is 2.22. The van der Waals surface area contributed by atoms with E-state index in [4.69, 9.17) is 4.74 Å². The maximum atomic E-state index is 12.0. The molecular weight excluding hydrogens is 257 g/mol. The summed E-state index contributed by atoms with van der Waals surface area (Å²) in [6.07, 6.45) is -4.69. The van der Waals surface area contributed by atoms with Crippen LogP contribution in [-0.4, -0.2) is 6.36 Å². The largest absolute Gasteiger partial charge is 0.573 e. The molecule has 0 amide bonds. The Hall–Kier alpha value is -2.17. The number of rotatable bonds is 3. The highest BCUT2D eigenvalue weighted by atomic mass is 19.4. The Kier molecular flexibility index (Phi) is 3.64. The molecule has 0 aromatic heterocycles. The molecule has 1 radical (unpaired) electrons. The summed E-state index contributed by atoms with van der Waals surface area (Å²) in [5.41, 5.74) is 0.848. The first-order valence-corrected chi connectivity index (χ1v) is 5.38. The molecule has 19 heavy (non-hydrogen) atoms. The number of ether oxygens (including phenoxy) is 2. The third-order valence-electron chi connectivity index (χ3n) is 2.22. The number of hydrogen-bond donors (Lipinski definition) is 0. The maximum absolute atomic E-state index is 12.0. The van der Waals surface area contributed by atoms with Crippen LogP contribution in [0.15, 0.2) is 48.5 Å². The quantitative estimate of drug-likeness (QED) is 0.811. The van der Waals surface area contributed by atoms with Crippen LogP contribution in [0.4, 0.5) is 13.2 Å². The monoisotopic (exact) mass is 267 g/mol. The molecule has 0 aliphatic heterocycles. The van der Waals surface area contributed by atoms with E-state index in [0.29, 0.717) is 11.5 Å². The van der Waals surface area contributed by atoms with E-state index in [2.05, 4.69) is 11.7 Å². The van der Waals surface area contributed by atoms with E-state index in [-0.39, 0.29) is 5.75 Å². The van der Waals surface area contributed by atoms with Crippen LogP contribution in [0.5, 0.6) is 17.2 Å². The van der Waals surface area contributed by atoms with Gasteiger partial charge in [-0.2, -0.15) is 0 Å². The number of hydrogen-bond acceptors (Lipinski definition) is 2. The molecule has 0 bridgehead atoms. The predicted octanol–water partition coefficient (Wildman–Crippen LogP) is 4.56. The van der Waals surface area contributed by atoms with Gasteiger partial charge in [0, 0.05) is 0 Å². The first kappa shape index (κ1) is 13.3. The van der Waals surface area contributed by atoms with Gasteiger partial charge in [0.2, 0.25) is 0 Å². The van der Waals surface area contributed by atoms with E-state index in [9.17, 15) is 13.2 Å². The highest BCUT2D eigenvalue weighted by molar-refractivity contribution is 5.36. The number of halogens is 3. The van der Waals surface area contributed by atoms with Crippen molar-refractivity contribution in [1.29, 1.82) is 0 Å². The summed E-state index contributed by atoms with van der Waals surface area (Å²) in [5.74, 6) is 0.719. The second kappa shape index (κ2) is 5.22. The first-order chi connectivity index (χ1) is 8.92. The zero-order valence-corrected chi connectivity index (χ0v) is 9.78. The SMILES string of the molecule is [CH2]c1ccc(Oc2ccc(OC(F)(F)F)cc2)cc1. The van der Waals surface area contributed by atoms with E-state index < -0.39 is 6.36 Å². The lowest BCUT2D eigenvalue weighted by molar-refractivity contribution is -0.274. The van der Waals surface area contributed by atoms with Gasteiger partial charge in [-0.25, -0.2) is 0 Å². The second-order valence-corrected chi connectivity index (χ2v) is 3.77. The molecule has 0 aliphatic rings. The van der Waals surface area contributed by atoms with Gasteiger partial charge < -0.3 is 9.47 Å². The van der Waals surface area contributed by atoms with Crippen molar-refractivity contribution >= 4 is 0 Å². The van der Waals surface area contributed by atoms with E-state index in [1.807, 2.05) is 0 Å². The molecule has 2 nitrogen and oxygen atoms in total. The van der Waals surface area contributed by atoms with Crippen molar-refractivity contribution in [3.63, 3.8) is 0 Å². The van der Waals surface area contributed by atoms with Gasteiger partial charge >= 0.3 is 6.36 Å². The molecule has 0 fully saturated rings. The molecule has 0 atom stereocenters. The average Bonchev–Trinajstić information content (AvgIpc) is 2.33. The maximum Gasteiger partial charge on any atom is 0.573 e. The lowest BCUT2D eigenvalue weighted by Gasteiger charge is -2.10. The Balaban J connectivity index is 2.04. The van der Waals surface area contributed by atoms with Crippen LogP contribution in [0.3, 0.4) is 0 Å². The van der Waals surface area contributed by atoms with Crippen LogP contribution in [0.25, 0.3) is 0 Å². The van der Waals surface area contributed by atoms with Gasteiger partial charge in [0.15, 0.2) is 0 Å².